The molecule has 0 spiro atoms. The fourth-order valence-corrected chi connectivity index (χ4v) is 1.96. The van der Waals surface area contributed by atoms with Gasteiger partial charge in [0.25, 0.3) is 0 Å². The van der Waals surface area contributed by atoms with Crippen LogP contribution in [0.2, 0.25) is 0 Å². The van der Waals surface area contributed by atoms with Crippen molar-refractivity contribution in [1.82, 2.24) is 19.3 Å². The van der Waals surface area contributed by atoms with Gasteiger partial charge >= 0.3 is 5.97 Å². The number of halogens is 1. The van der Waals surface area contributed by atoms with Crippen molar-refractivity contribution in [3.05, 3.63) is 42.1 Å². The molecule has 0 atom stereocenters. The van der Waals surface area contributed by atoms with E-state index in [4.69, 9.17) is 5.11 Å². The summed E-state index contributed by atoms with van der Waals surface area (Å²) in [4.78, 5) is 15.3. The molecule has 3 rings (SSSR count). The number of aromatic carboxylic acids is 1. The molecular formula is C12H9FN4O2. The maximum absolute atomic E-state index is 13.3. The van der Waals surface area contributed by atoms with Crippen molar-refractivity contribution in [2.75, 3.05) is 0 Å². The van der Waals surface area contributed by atoms with Gasteiger partial charge in [-0.1, -0.05) is 0 Å². The minimum atomic E-state index is -1.10. The molecule has 0 unspecified atom stereocenters. The van der Waals surface area contributed by atoms with Crippen molar-refractivity contribution >= 4 is 17.0 Å². The van der Waals surface area contributed by atoms with Gasteiger partial charge in [-0.05, 0) is 12.1 Å². The first-order chi connectivity index (χ1) is 9.06. The minimum Gasteiger partial charge on any atom is -0.477 e. The zero-order valence-corrected chi connectivity index (χ0v) is 9.91. The van der Waals surface area contributed by atoms with Gasteiger partial charge in [0.1, 0.15) is 17.7 Å². The lowest BCUT2D eigenvalue weighted by atomic mass is 10.3. The molecule has 2 heterocycles. The quantitative estimate of drug-likeness (QED) is 0.759. The Morgan fingerprint density at radius 2 is 2.21 bits per heavy atom. The van der Waals surface area contributed by atoms with Crippen LogP contribution in [-0.4, -0.2) is 30.4 Å². The van der Waals surface area contributed by atoms with E-state index < -0.39 is 11.8 Å². The molecule has 1 N–H and O–H groups in total. The molecule has 0 amide bonds. The summed E-state index contributed by atoms with van der Waals surface area (Å²) in [7, 11) is 1.62. The smallest absolute Gasteiger partial charge is 0.341 e. The Bertz CT molecular complexity index is 790. The van der Waals surface area contributed by atoms with Gasteiger partial charge in [-0.3, -0.25) is 9.25 Å². The molecule has 2 aromatic heterocycles. The number of nitrogens with zero attached hydrogens (tertiary/aromatic N) is 4. The standard InChI is InChI=1S/C12H9FN4O2/c1-16-5-8(12(18)19)11(15-16)17-6-14-9-3-2-7(13)4-10(9)17/h2-6H,1H3,(H,18,19). The third kappa shape index (κ3) is 1.75. The molecule has 1 aromatic carbocycles. The predicted octanol–water partition coefficient (Wildman–Crippen LogP) is 1.60. The molecule has 19 heavy (non-hydrogen) atoms. The average Bonchev–Trinajstić information content (AvgIpc) is 2.91. The van der Waals surface area contributed by atoms with Gasteiger partial charge in [0, 0.05) is 19.3 Å². The maximum Gasteiger partial charge on any atom is 0.341 e. The Morgan fingerprint density at radius 3 is 2.95 bits per heavy atom. The molecule has 0 fully saturated rings. The van der Waals surface area contributed by atoms with Crippen molar-refractivity contribution in [2.45, 2.75) is 0 Å². The molecule has 0 saturated heterocycles. The first-order valence-electron chi connectivity index (χ1n) is 5.46. The molecule has 0 aliphatic carbocycles. The van der Waals surface area contributed by atoms with E-state index in [2.05, 4.69) is 10.1 Å². The SMILES string of the molecule is Cn1cc(C(=O)O)c(-n2cnc3ccc(F)cc32)n1. The number of fused-ring (bicyclic) bond motifs is 1. The summed E-state index contributed by atoms with van der Waals surface area (Å²) in [5.41, 5.74) is 1.08. The van der Waals surface area contributed by atoms with Crippen LogP contribution in [-0.2, 0) is 7.05 Å². The van der Waals surface area contributed by atoms with Crippen molar-refractivity contribution in [3.8, 4) is 5.82 Å². The highest BCUT2D eigenvalue weighted by Crippen LogP contribution is 2.20. The molecule has 0 saturated carbocycles. The summed E-state index contributed by atoms with van der Waals surface area (Å²) >= 11 is 0. The number of carboxylic acid groups (broad SMARTS) is 1. The van der Waals surface area contributed by atoms with Gasteiger partial charge in [0.2, 0.25) is 0 Å². The van der Waals surface area contributed by atoms with Crippen LogP contribution in [0.5, 0.6) is 0 Å². The molecular weight excluding hydrogens is 251 g/mol. The Balaban J connectivity index is 2.30. The Morgan fingerprint density at radius 1 is 1.42 bits per heavy atom. The largest absolute Gasteiger partial charge is 0.477 e. The molecule has 7 heteroatoms. The molecule has 96 valence electrons. The maximum atomic E-state index is 13.3. The Kier molecular flexibility index (Phi) is 2.34. The van der Waals surface area contributed by atoms with E-state index in [1.165, 1.54) is 40.0 Å². The Hall–Kier alpha value is -2.70. The summed E-state index contributed by atoms with van der Waals surface area (Å²) in [6, 6.07) is 4.13. The highest BCUT2D eigenvalue weighted by atomic mass is 19.1. The van der Waals surface area contributed by atoms with E-state index in [1.807, 2.05) is 0 Å². The fraction of sp³-hybridized carbons (Fsp3) is 0.0833. The van der Waals surface area contributed by atoms with Gasteiger partial charge in [-0.25, -0.2) is 14.2 Å². The van der Waals surface area contributed by atoms with E-state index in [0.29, 0.717) is 11.0 Å². The highest BCUT2D eigenvalue weighted by Gasteiger charge is 2.18. The number of carbonyl (C=O) groups is 1. The van der Waals surface area contributed by atoms with E-state index in [1.54, 1.807) is 7.05 Å². The average molecular weight is 260 g/mol. The van der Waals surface area contributed by atoms with Crippen LogP contribution in [0.25, 0.3) is 16.9 Å². The van der Waals surface area contributed by atoms with Gasteiger partial charge in [-0.15, -0.1) is 0 Å². The third-order valence-electron chi connectivity index (χ3n) is 2.78. The normalized spacial score (nSPS) is 11.1. The van der Waals surface area contributed by atoms with E-state index in [9.17, 15) is 9.18 Å². The predicted molar refractivity (Wildman–Crippen MR) is 64.8 cm³/mol. The molecule has 0 bridgehead atoms. The van der Waals surface area contributed by atoms with Gasteiger partial charge < -0.3 is 5.11 Å². The summed E-state index contributed by atoms with van der Waals surface area (Å²) < 4.78 is 16.1. The molecule has 0 aliphatic heterocycles. The summed E-state index contributed by atoms with van der Waals surface area (Å²) in [6.07, 6.45) is 2.82. The van der Waals surface area contributed by atoms with Gasteiger partial charge in [-0.2, -0.15) is 5.10 Å². The Labute approximate surface area is 106 Å². The van der Waals surface area contributed by atoms with E-state index in [-0.39, 0.29) is 11.4 Å². The number of benzene rings is 1. The van der Waals surface area contributed by atoms with E-state index >= 15 is 0 Å². The van der Waals surface area contributed by atoms with Crippen LogP contribution in [0.4, 0.5) is 4.39 Å². The fourth-order valence-electron chi connectivity index (χ4n) is 1.96. The summed E-state index contributed by atoms with van der Waals surface area (Å²) in [6.45, 7) is 0. The lowest BCUT2D eigenvalue weighted by molar-refractivity contribution is 0.0697. The van der Waals surface area contributed by atoms with Crippen LogP contribution < -0.4 is 0 Å². The third-order valence-corrected chi connectivity index (χ3v) is 2.78. The summed E-state index contributed by atoms with van der Waals surface area (Å²) in [5.74, 6) is -1.30. The second-order valence-corrected chi connectivity index (χ2v) is 4.09. The van der Waals surface area contributed by atoms with Crippen molar-refractivity contribution in [2.24, 2.45) is 7.05 Å². The van der Waals surface area contributed by atoms with Crippen LogP contribution in [0.15, 0.2) is 30.7 Å². The number of carboxylic acids is 1. The second kappa shape index (κ2) is 3.91. The highest BCUT2D eigenvalue weighted by molar-refractivity contribution is 5.92. The van der Waals surface area contributed by atoms with Gasteiger partial charge in [0.15, 0.2) is 5.82 Å². The number of aromatic nitrogens is 4. The number of rotatable bonds is 2. The van der Waals surface area contributed by atoms with E-state index in [0.717, 1.165) is 0 Å². The zero-order chi connectivity index (χ0) is 13.6. The number of hydrogen-bond acceptors (Lipinski definition) is 3. The molecule has 3 aromatic rings. The van der Waals surface area contributed by atoms with Crippen LogP contribution in [0.3, 0.4) is 0 Å². The molecule has 0 aliphatic rings. The lowest BCUT2D eigenvalue weighted by Crippen LogP contribution is -2.03. The zero-order valence-electron chi connectivity index (χ0n) is 9.91. The first-order valence-corrected chi connectivity index (χ1v) is 5.46. The number of imidazole rings is 1. The lowest BCUT2D eigenvalue weighted by Gasteiger charge is -2.01. The molecule has 6 nitrogen and oxygen atoms in total. The van der Waals surface area contributed by atoms with Crippen LogP contribution in [0.1, 0.15) is 10.4 Å². The number of aryl methyl sites for hydroxylation is 1. The van der Waals surface area contributed by atoms with Crippen LogP contribution >= 0.6 is 0 Å². The number of hydrogen-bond donors (Lipinski definition) is 1. The molecule has 0 radical (unpaired) electrons. The topological polar surface area (TPSA) is 72.9 Å². The second-order valence-electron chi connectivity index (χ2n) is 4.09. The van der Waals surface area contributed by atoms with Crippen molar-refractivity contribution in [3.63, 3.8) is 0 Å². The minimum absolute atomic E-state index is 0.0334. The monoisotopic (exact) mass is 260 g/mol. The van der Waals surface area contributed by atoms with Gasteiger partial charge in [0.05, 0.1) is 11.0 Å². The van der Waals surface area contributed by atoms with Crippen molar-refractivity contribution < 1.29 is 14.3 Å². The first kappa shape index (κ1) is 11.4. The van der Waals surface area contributed by atoms with Crippen LogP contribution in [0, 0.1) is 5.82 Å². The summed E-state index contributed by atoms with van der Waals surface area (Å²) in [5, 5.41) is 13.2. The van der Waals surface area contributed by atoms with Crippen molar-refractivity contribution in [1.29, 1.82) is 0 Å².